The molecule has 0 fully saturated rings. The molecular formula is C12H12F3N3O2. The number of alkyl halides is 3. The highest BCUT2D eigenvalue weighted by Crippen LogP contribution is 2.35. The molecular weight excluding hydrogens is 275 g/mol. The standard InChI is InChI=1S/C12H12F3N3O2/c13-12(14,15)9-5-8(6-17)1-2-10(9)18-11(19)7-20-4-3-16/h1-2,5H,3-4,7,16H2,(H,18,19). The minimum atomic E-state index is -4.67. The molecule has 108 valence electrons. The van der Waals surface area contributed by atoms with Gasteiger partial charge >= 0.3 is 6.18 Å². The third-order valence-corrected chi connectivity index (χ3v) is 2.22. The summed E-state index contributed by atoms with van der Waals surface area (Å²) in [4.78, 5) is 11.4. The van der Waals surface area contributed by atoms with Gasteiger partial charge in [0.05, 0.1) is 29.5 Å². The lowest BCUT2D eigenvalue weighted by atomic mass is 10.1. The van der Waals surface area contributed by atoms with Crippen molar-refractivity contribution in [2.24, 2.45) is 5.73 Å². The molecule has 8 heteroatoms. The second-order valence-electron chi connectivity index (χ2n) is 3.76. The van der Waals surface area contributed by atoms with Crippen LogP contribution in [0.4, 0.5) is 18.9 Å². The Morgan fingerprint density at radius 2 is 2.15 bits per heavy atom. The van der Waals surface area contributed by atoms with Crippen molar-refractivity contribution in [2.45, 2.75) is 6.18 Å². The van der Waals surface area contributed by atoms with Crippen molar-refractivity contribution in [3.63, 3.8) is 0 Å². The highest BCUT2D eigenvalue weighted by molar-refractivity contribution is 5.92. The summed E-state index contributed by atoms with van der Waals surface area (Å²) in [7, 11) is 0. The third kappa shape index (κ3) is 4.53. The molecule has 1 aromatic carbocycles. The first kappa shape index (κ1) is 15.9. The number of ether oxygens (including phenoxy) is 1. The number of amides is 1. The van der Waals surface area contributed by atoms with Crippen LogP contribution in [-0.4, -0.2) is 25.7 Å². The van der Waals surface area contributed by atoms with Gasteiger partial charge in [0.1, 0.15) is 6.61 Å². The minimum Gasteiger partial charge on any atom is -0.370 e. The first-order chi connectivity index (χ1) is 9.38. The smallest absolute Gasteiger partial charge is 0.370 e. The average Bonchev–Trinajstić information content (AvgIpc) is 2.38. The predicted molar refractivity (Wildman–Crippen MR) is 64.7 cm³/mol. The zero-order valence-corrected chi connectivity index (χ0v) is 10.3. The molecule has 0 atom stereocenters. The van der Waals surface area contributed by atoms with Crippen molar-refractivity contribution in [2.75, 3.05) is 25.1 Å². The van der Waals surface area contributed by atoms with Crippen LogP contribution in [0.1, 0.15) is 11.1 Å². The largest absolute Gasteiger partial charge is 0.418 e. The van der Waals surface area contributed by atoms with Gasteiger partial charge in [-0.1, -0.05) is 0 Å². The zero-order valence-electron chi connectivity index (χ0n) is 10.3. The van der Waals surface area contributed by atoms with Crippen molar-refractivity contribution in [1.29, 1.82) is 5.26 Å². The summed E-state index contributed by atoms with van der Waals surface area (Å²) in [6.45, 7) is -0.0562. The fraction of sp³-hybridized carbons (Fsp3) is 0.333. The summed E-state index contributed by atoms with van der Waals surface area (Å²) in [5.74, 6) is -0.728. The molecule has 1 aromatic rings. The predicted octanol–water partition coefficient (Wildman–Crippen LogP) is 1.49. The minimum absolute atomic E-state index is 0.132. The SMILES string of the molecule is N#Cc1ccc(NC(=O)COCCN)c(C(F)(F)F)c1. The monoisotopic (exact) mass is 287 g/mol. The number of nitrogens with two attached hydrogens (primary N) is 1. The van der Waals surface area contributed by atoms with Gasteiger partial charge in [0.2, 0.25) is 5.91 Å². The van der Waals surface area contributed by atoms with E-state index in [2.05, 4.69) is 5.32 Å². The number of carbonyl (C=O) groups excluding carboxylic acids is 1. The van der Waals surface area contributed by atoms with Crippen molar-refractivity contribution in [3.05, 3.63) is 29.3 Å². The Bertz CT molecular complexity index is 524. The number of benzene rings is 1. The molecule has 0 saturated carbocycles. The lowest BCUT2D eigenvalue weighted by molar-refractivity contribution is -0.137. The summed E-state index contributed by atoms with van der Waals surface area (Å²) >= 11 is 0. The van der Waals surface area contributed by atoms with E-state index in [0.29, 0.717) is 6.07 Å². The Morgan fingerprint density at radius 3 is 2.70 bits per heavy atom. The molecule has 1 rings (SSSR count). The van der Waals surface area contributed by atoms with Crippen molar-refractivity contribution >= 4 is 11.6 Å². The van der Waals surface area contributed by atoms with Crippen LogP contribution in [0.25, 0.3) is 0 Å². The van der Waals surface area contributed by atoms with Gasteiger partial charge in [0.25, 0.3) is 0 Å². The van der Waals surface area contributed by atoms with Gasteiger partial charge in [-0.25, -0.2) is 0 Å². The highest BCUT2D eigenvalue weighted by atomic mass is 19.4. The molecule has 1 amide bonds. The van der Waals surface area contributed by atoms with Gasteiger partial charge in [-0.2, -0.15) is 18.4 Å². The molecule has 0 aliphatic carbocycles. The number of hydrogen-bond donors (Lipinski definition) is 2. The zero-order chi connectivity index (χ0) is 15.2. The molecule has 3 N–H and O–H groups in total. The Kier molecular flexibility index (Phi) is 5.49. The molecule has 0 aliphatic rings. The van der Waals surface area contributed by atoms with Crippen LogP contribution in [0.3, 0.4) is 0 Å². The second-order valence-corrected chi connectivity index (χ2v) is 3.76. The van der Waals surface area contributed by atoms with Gasteiger partial charge in [-0.3, -0.25) is 4.79 Å². The van der Waals surface area contributed by atoms with Crippen LogP contribution in [0.15, 0.2) is 18.2 Å². The van der Waals surface area contributed by atoms with E-state index in [0.717, 1.165) is 6.07 Å². The molecule has 0 radical (unpaired) electrons. The summed E-state index contributed by atoms with van der Waals surface area (Å²) in [6, 6.07) is 4.50. The van der Waals surface area contributed by atoms with Gasteiger partial charge < -0.3 is 15.8 Å². The number of rotatable bonds is 5. The van der Waals surface area contributed by atoms with E-state index in [1.807, 2.05) is 0 Å². The summed E-state index contributed by atoms with van der Waals surface area (Å²) in [5, 5.41) is 10.7. The highest BCUT2D eigenvalue weighted by Gasteiger charge is 2.34. The molecule has 0 aromatic heterocycles. The Hall–Kier alpha value is -2.11. The van der Waals surface area contributed by atoms with E-state index in [4.69, 9.17) is 15.7 Å². The maximum atomic E-state index is 12.8. The van der Waals surface area contributed by atoms with E-state index in [1.54, 1.807) is 6.07 Å². The van der Waals surface area contributed by atoms with Gasteiger partial charge in [-0.05, 0) is 18.2 Å². The van der Waals surface area contributed by atoms with Gasteiger partial charge in [0.15, 0.2) is 0 Å². The number of anilines is 1. The summed E-state index contributed by atoms with van der Waals surface area (Å²) < 4.78 is 43.3. The first-order valence-corrected chi connectivity index (χ1v) is 5.57. The van der Waals surface area contributed by atoms with Crippen molar-refractivity contribution < 1.29 is 22.7 Å². The third-order valence-electron chi connectivity index (χ3n) is 2.22. The average molecular weight is 287 g/mol. The maximum Gasteiger partial charge on any atom is 0.418 e. The number of nitrogens with one attached hydrogen (secondary N) is 1. The Morgan fingerprint density at radius 1 is 1.45 bits per heavy atom. The van der Waals surface area contributed by atoms with E-state index < -0.39 is 29.9 Å². The fourth-order valence-corrected chi connectivity index (χ4v) is 1.39. The van der Waals surface area contributed by atoms with E-state index in [1.165, 1.54) is 6.07 Å². The van der Waals surface area contributed by atoms with E-state index >= 15 is 0 Å². The van der Waals surface area contributed by atoms with Crippen LogP contribution in [0.5, 0.6) is 0 Å². The number of carbonyl (C=O) groups is 1. The second kappa shape index (κ2) is 6.88. The number of nitriles is 1. The lowest BCUT2D eigenvalue weighted by Crippen LogP contribution is -2.22. The van der Waals surface area contributed by atoms with Gasteiger partial charge in [-0.15, -0.1) is 0 Å². The molecule has 5 nitrogen and oxygen atoms in total. The van der Waals surface area contributed by atoms with Crippen molar-refractivity contribution in [1.82, 2.24) is 0 Å². The van der Waals surface area contributed by atoms with Crippen LogP contribution in [0, 0.1) is 11.3 Å². The molecule has 0 bridgehead atoms. The molecule has 20 heavy (non-hydrogen) atoms. The molecule has 0 spiro atoms. The molecule has 0 aliphatic heterocycles. The fourth-order valence-electron chi connectivity index (χ4n) is 1.39. The maximum absolute atomic E-state index is 12.8. The van der Waals surface area contributed by atoms with E-state index in [9.17, 15) is 18.0 Å². The number of hydrogen-bond acceptors (Lipinski definition) is 4. The molecule has 0 heterocycles. The number of nitrogens with zero attached hydrogens (tertiary/aromatic N) is 1. The van der Waals surface area contributed by atoms with Crippen LogP contribution < -0.4 is 11.1 Å². The lowest BCUT2D eigenvalue weighted by Gasteiger charge is -2.14. The normalized spacial score (nSPS) is 10.9. The number of halogens is 3. The van der Waals surface area contributed by atoms with Gasteiger partial charge in [0, 0.05) is 6.54 Å². The van der Waals surface area contributed by atoms with Crippen LogP contribution in [-0.2, 0) is 15.7 Å². The Balaban J connectivity index is 2.89. The topological polar surface area (TPSA) is 88.1 Å². The quantitative estimate of drug-likeness (QED) is 0.803. The molecule has 0 unspecified atom stereocenters. The van der Waals surface area contributed by atoms with Crippen LogP contribution >= 0.6 is 0 Å². The first-order valence-electron chi connectivity index (χ1n) is 5.57. The van der Waals surface area contributed by atoms with E-state index in [-0.39, 0.29) is 18.7 Å². The van der Waals surface area contributed by atoms with Crippen LogP contribution in [0.2, 0.25) is 0 Å². The molecule has 0 saturated heterocycles. The summed E-state index contributed by atoms with van der Waals surface area (Å²) in [5.41, 5.74) is 3.50. The Labute approximate surface area is 113 Å². The van der Waals surface area contributed by atoms with Crippen molar-refractivity contribution in [3.8, 4) is 6.07 Å². The summed E-state index contributed by atoms with van der Waals surface area (Å²) in [6.07, 6.45) is -4.67.